The highest BCUT2D eigenvalue weighted by molar-refractivity contribution is 6.18. The van der Waals surface area contributed by atoms with Crippen LogP contribution in [0.3, 0.4) is 0 Å². The molecule has 2 fully saturated rings. The van der Waals surface area contributed by atoms with Crippen molar-refractivity contribution in [2.45, 2.75) is 166 Å². The third-order valence-electron chi connectivity index (χ3n) is 18.1. The van der Waals surface area contributed by atoms with Gasteiger partial charge in [0.15, 0.2) is 22.8 Å². The van der Waals surface area contributed by atoms with Crippen molar-refractivity contribution in [3.8, 4) is 45.6 Å². The smallest absolute Gasteiger partial charge is 0.271 e. The molecule has 14 rings (SSSR count). The summed E-state index contributed by atoms with van der Waals surface area (Å²) in [7, 11) is 6.79. The Bertz CT molecular complexity index is 4280. The lowest BCUT2D eigenvalue weighted by atomic mass is 9.73. The molecule has 0 spiro atoms. The number of primary amides is 2. The summed E-state index contributed by atoms with van der Waals surface area (Å²) in [5, 5.41) is 29.2. The lowest BCUT2D eigenvalue weighted by Gasteiger charge is -2.31. The molecule has 0 unspecified atom stereocenters. The predicted molar refractivity (Wildman–Crippen MR) is 349 cm³/mol. The maximum atomic E-state index is 12.3. The molecule has 8 aromatic heterocycles. The van der Waals surface area contributed by atoms with Gasteiger partial charge in [-0.1, -0.05) is 81.1 Å². The van der Waals surface area contributed by atoms with Gasteiger partial charge in [-0.05, 0) is 95.3 Å². The van der Waals surface area contributed by atoms with Crippen molar-refractivity contribution in [2.75, 3.05) is 36.2 Å². The van der Waals surface area contributed by atoms with E-state index in [1.165, 1.54) is 34.1 Å². The number of amides is 4. The van der Waals surface area contributed by atoms with Crippen LogP contribution in [0.15, 0.2) is 24.8 Å². The molecule has 8 heterocycles. The van der Waals surface area contributed by atoms with E-state index in [2.05, 4.69) is 113 Å². The van der Waals surface area contributed by atoms with Gasteiger partial charge in [0.2, 0.25) is 23.8 Å². The van der Waals surface area contributed by atoms with Crippen LogP contribution in [-0.2, 0) is 61.4 Å². The number of nitrogen functional groups attached to an aromatic ring is 2. The van der Waals surface area contributed by atoms with Gasteiger partial charge in [0.1, 0.15) is 11.4 Å². The quantitative estimate of drug-likeness (QED) is 0.0797. The number of hydrogen-bond acceptors (Lipinski definition) is 20. The summed E-state index contributed by atoms with van der Waals surface area (Å²) < 4.78 is 5.79. The monoisotopic (exact) mass is 1290 g/mol. The van der Waals surface area contributed by atoms with Crippen LogP contribution in [0.5, 0.6) is 0 Å². The van der Waals surface area contributed by atoms with E-state index in [-0.39, 0.29) is 51.1 Å². The molecule has 0 radical (unpaired) electrons. The van der Waals surface area contributed by atoms with Crippen LogP contribution in [0, 0.1) is 0 Å². The first-order valence-corrected chi connectivity index (χ1v) is 31.4. The Kier molecular flexibility index (Phi) is 16.9. The van der Waals surface area contributed by atoms with Crippen LogP contribution >= 0.6 is 23.6 Å². The molecular weight excluding hydrogens is 1220 g/mol. The number of hydrogen-bond donors (Lipinski definition) is 8. The second-order valence-electron chi connectivity index (χ2n) is 27.0. The fraction of sp³-hybridized carbons (Fsp3) is 0.484. The van der Waals surface area contributed by atoms with Crippen molar-refractivity contribution < 1.29 is 19.2 Å². The topological polar surface area (TPSA) is 395 Å². The highest BCUT2D eigenvalue weighted by atomic mass is 35.5. The van der Waals surface area contributed by atoms with Gasteiger partial charge in [0.05, 0.1) is 34.2 Å². The van der Waals surface area contributed by atoms with Crippen LogP contribution in [0.2, 0.25) is 0 Å². The number of halogens is 2. The summed E-state index contributed by atoms with van der Waals surface area (Å²) in [6, 6.07) is 0.842. The molecule has 92 heavy (non-hydrogen) atoms. The molecule has 2 saturated carbocycles. The zero-order valence-electron chi connectivity index (χ0n) is 53.8. The Morgan fingerprint density at radius 3 is 1.12 bits per heavy atom. The average Bonchev–Trinajstić information content (AvgIpc) is 1.52. The van der Waals surface area contributed by atoms with Crippen LogP contribution in [0.25, 0.3) is 45.6 Å². The number of anilines is 4. The first-order valence-electron chi connectivity index (χ1n) is 30.7. The molecule has 6 aliphatic rings. The maximum absolute atomic E-state index is 12.3. The van der Waals surface area contributed by atoms with Gasteiger partial charge in [-0.25, -0.2) is 39.9 Å². The summed E-state index contributed by atoms with van der Waals surface area (Å²) in [5.74, 6) is 0.0978. The molecule has 12 N–H and O–H groups in total. The van der Waals surface area contributed by atoms with E-state index < -0.39 is 11.8 Å². The number of nitrogens with zero attached hydrogens (tertiary/aromatic N) is 16. The normalized spacial score (nSPS) is 17.1. The van der Waals surface area contributed by atoms with Gasteiger partial charge >= 0.3 is 0 Å². The Morgan fingerprint density at radius 2 is 0.750 bits per heavy atom. The second kappa shape index (κ2) is 24.1. The number of nitrogens with one attached hydrogen (secondary N) is 4. The Labute approximate surface area is 541 Å². The van der Waals surface area contributed by atoms with E-state index in [1.54, 1.807) is 42.9 Å². The third-order valence-corrected chi connectivity index (χ3v) is 18.6. The first-order chi connectivity index (χ1) is 43.4. The lowest BCUT2D eigenvalue weighted by Crippen LogP contribution is -2.30. The second-order valence-corrected chi connectivity index (χ2v) is 27.6. The van der Waals surface area contributed by atoms with E-state index >= 15 is 0 Å². The van der Waals surface area contributed by atoms with Crippen molar-refractivity contribution >= 4 is 71.0 Å². The average molecular weight is 1290 g/mol. The number of carbonyl (C=O) groups excluding carboxylic acids is 4. The summed E-state index contributed by atoms with van der Waals surface area (Å²) in [6.07, 6.45) is 19.6. The maximum Gasteiger partial charge on any atom is 0.271 e. The summed E-state index contributed by atoms with van der Waals surface area (Å²) in [4.78, 5) is 83.1. The predicted octanol–water partition coefficient (Wildman–Crippen LogP) is 6.56. The van der Waals surface area contributed by atoms with Gasteiger partial charge in [-0.3, -0.25) is 28.5 Å². The number of fused-ring (bicyclic) bond motifs is 12. The number of aromatic nitrogens is 16. The van der Waals surface area contributed by atoms with Crippen molar-refractivity contribution in [3.63, 3.8) is 0 Å². The minimum absolute atomic E-state index is 0.189. The van der Waals surface area contributed by atoms with Crippen molar-refractivity contribution in [1.82, 2.24) is 88.7 Å². The minimum Gasteiger partial charge on any atom is -0.368 e. The van der Waals surface area contributed by atoms with Crippen molar-refractivity contribution in [3.05, 3.63) is 92.1 Å². The van der Waals surface area contributed by atoms with Crippen molar-refractivity contribution in [2.24, 2.45) is 25.6 Å². The molecule has 0 saturated heterocycles. The molecule has 484 valence electrons. The fourth-order valence-corrected chi connectivity index (χ4v) is 14.6. The molecule has 28 nitrogen and oxygen atoms in total. The first kappa shape index (κ1) is 64.4. The van der Waals surface area contributed by atoms with Gasteiger partial charge in [-0.2, -0.15) is 28.8 Å². The fourth-order valence-electron chi connectivity index (χ4n) is 14.1. The van der Waals surface area contributed by atoms with Gasteiger partial charge < -0.3 is 44.2 Å². The minimum atomic E-state index is -0.578. The molecule has 0 aromatic carbocycles. The molecule has 8 aromatic rings. The summed E-state index contributed by atoms with van der Waals surface area (Å²) in [5.41, 5.74) is 35.9. The van der Waals surface area contributed by atoms with E-state index in [0.29, 0.717) is 65.3 Å². The van der Waals surface area contributed by atoms with Crippen LogP contribution < -0.4 is 44.2 Å². The molecule has 4 amide bonds. The SMILES string of the molecule is CC1(C)Cc2cnc(NC3CCCC3)nc2-c2c1c(C(N)=O)nn2Cl.CNC(=O)c1nn(C)c2c1C(C)(C)Cc1cnc(N)nc1-2.CNC(=O)c1nn(Cl)c2c1C(C)(C)Cc1cnc(NC3CCCC3)nc1-2.Cn1nc(C(N)=O)c2c1-c1nc(N)ncc1CC2(C)C. The summed E-state index contributed by atoms with van der Waals surface area (Å²) in [6.45, 7) is 16.6. The number of rotatable bonds is 8. The molecular formula is C62H78Cl2N24O4. The summed E-state index contributed by atoms with van der Waals surface area (Å²) >= 11 is 12.7. The van der Waals surface area contributed by atoms with Gasteiger partial charge in [0, 0.05) is 111 Å². The molecule has 0 bridgehead atoms. The number of nitrogens with two attached hydrogens (primary N) is 4. The highest BCUT2D eigenvalue weighted by Gasteiger charge is 2.44. The van der Waals surface area contributed by atoms with Gasteiger partial charge in [0.25, 0.3) is 23.6 Å². The highest BCUT2D eigenvalue weighted by Crippen LogP contribution is 2.48. The van der Waals surface area contributed by atoms with E-state index in [1.807, 2.05) is 33.3 Å². The van der Waals surface area contributed by atoms with Gasteiger partial charge in [-0.15, -0.1) is 0 Å². The zero-order chi connectivity index (χ0) is 66.3. The third kappa shape index (κ3) is 11.8. The van der Waals surface area contributed by atoms with E-state index in [0.717, 1.165) is 117 Å². The number of carbonyl (C=O) groups is 4. The number of aryl methyl sites for hydroxylation is 2. The zero-order valence-corrected chi connectivity index (χ0v) is 55.3. The molecule has 0 aliphatic heterocycles. The molecule has 0 atom stereocenters. The standard InChI is InChI=1S/C18H23ClN6O.C17H21ClN6O.C14H18N6O.C13H16N6O/c1-18(2)8-10-9-21-17(22-11-6-4-5-7-11)23-13(10)15-12(18)14(16(26)20-3)24-25(15)19;1-17(2)7-9-8-20-16(21-10-5-3-4-6-10)22-12(9)14-11(17)13(15(19)25)23-24(14)18;1-14(2)5-7-6-17-13(15)18-9(7)11-8(14)10(12(21)16-3)19-20(11)4;1-13(2)4-6-5-16-12(15)17-8(6)10-7(13)9(11(14)20)18-19(10)3/h9,11H,4-8H2,1-3H3,(H,20,26)(H,21,22,23);8,10H,3-7H2,1-2H3,(H2,19,25)(H,20,21,22);6H,5H2,1-4H3,(H,16,21)(H2,15,17,18);5H,4H2,1-3H3,(H2,14,20)(H2,15,16,17). The Balaban J connectivity index is 0.000000126. The Morgan fingerprint density at radius 1 is 0.457 bits per heavy atom. The van der Waals surface area contributed by atoms with Crippen LogP contribution in [0.1, 0.15) is 193 Å². The van der Waals surface area contributed by atoms with E-state index in [4.69, 9.17) is 56.5 Å². The van der Waals surface area contributed by atoms with Crippen LogP contribution in [0.4, 0.5) is 23.8 Å². The molecule has 30 heteroatoms. The molecule has 6 aliphatic carbocycles. The van der Waals surface area contributed by atoms with Crippen LogP contribution in [-0.4, -0.2) is 128 Å². The Hall–Kier alpha value is -9.18. The largest absolute Gasteiger partial charge is 0.368 e. The van der Waals surface area contributed by atoms with Crippen molar-refractivity contribution in [1.29, 1.82) is 0 Å². The van der Waals surface area contributed by atoms with E-state index in [9.17, 15) is 19.2 Å². The lowest BCUT2D eigenvalue weighted by molar-refractivity contribution is 0.0947.